The number of carbonyl (C=O) groups is 1. The number of sulfonamides is 2. The third-order valence-corrected chi connectivity index (χ3v) is 9.38. The molecule has 1 aliphatic carbocycles. The summed E-state index contributed by atoms with van der Waals surface area (Å²) in [7, 11) is -4.86. The number of unbranched alkanes of at least 4 members (excludes halogenated alkanes) is 3. The first-order valence-electron chi connectivity index (χ1n) is 14.3. The molecule has 240 valence electrons. The van der Waals surface area contributed by atoms with Gasteiger partial charge in [-0.25, -0.2) is 16.8 Å². The number of methoxy groups -OCH3 is 2. The zero-order valence-electron chi connectivity index (χ0n) is 25.3. The molecule has 0 saturated heterocycles. The number of nitrogens with one attached hydrogen (secondary N) is 2. The minimum absolute atomic E-state index is 0.0246. The van der Waals surface area contributed by atoms with Crippen molar-refractivity contribution in [3.63, 3.8) is 0 Å². The first kappa shape index (κ1) is 34.8. The van der Waals surface area contributed by atoms with Gasteiger partial charge in [-0.2, -0.15) is 5.26 Å². The minimum atomic E-state index is -3.89. The molecule has 1 aromatic rings. The van der Waals surface area contributed by atoms with Crippen molar-refractivity contribution in [2.75, 3.05) is 59.8 Å². The summed E-state index contributed by atoms with van der Waals surface area (Å²) in [4.78, 5) is 14.2. The Morgan fingerprint density at radius 1 is 1.05 bits per heavy atom. The first-order chi connectivity index (χ1) is 21.1. The number of ketones is 1. The van der Waals surface area contributed by atoms with Crippen molar-refractivity contribution in [2.24, 2.45) is 0 Å². The van der Waals surface area contributed by atoms with Gasteiger partial charge >= 0.3 is 0 Å². The van der Waals surface area contributed by atoms with E-state index < -0.39 is 20.0 Å². The van der Waals surface area contributed by atoms with Gasteiger partial charge in [0.1, 0.15) is 11.4 Å². The van der Waals surface area contributed by atoms with E-state index in [1.807, 2.05) is 19.1 Å². The summed E-state index contributed by atoms with van der Waals surface area (Å²) in [5.74, 6) is -0.154. The number of nitriles is 1. The van der Waals surface area contributed by atoms with Crippen LogP contribution in [-0.2, 0) is 34.3 Å². The summed E-state index contributed by atoms with van der Waals surface area (Å²) in [6, 6.07) is 4.89. The lowest BCUT2D eigenvalue weighted by Gasteiger charge is -2.23. The molecule has 0 bridgehead atoms. The first-order valence-corrected chi connectivity index (χ1v) is 17.7. The van der Waals surface area contributed by atoms with Crippen LogP contribution < -0.4 is 19.1 Å². The molecule has 0 amide bonds. The highest BCUT2D eigenvalue weighted by Gasteiger charge is 2.33. The molecule has 1 aromatic carbocycles. The van der Waals surface area contributed by atoms with Crippen molar-refractivity contribution >= 4 is 42.9 Å². The largest absolute Gasteiger partial charge is 0.439 e. The van der Waals surface area contributed by atoms with Crippen molar-refractivity contribution < 1.29 is 35.8 Å². The molecular formula is C30H40N4O8S2. The third kappa shape index (κ3) is 9.68. The van der Waals surface area contributed by atoms with E-state index in [1.54, 1.807) is 35.3 Å². The maximum Gasteiger partial charge on any atom is 0.235 e. The van der Waals surface area contributed by atoms with Gasteiger partial charge in [-0.3, -0.25) is 14.2 Å². The van der Waals surface area contributed by atoms with Gasteiger partial charge in [0, 0.05) is 26.3 Å². The maximum absolute atomic E-state index is 13.3. The quantitative estimate of drug-likeness (QED) is 0.218. The summed E-state index contributed by atoms with van der Waals surface area (Å²) >= 11 is 0. The minimum Gasteiger partial charge on any atom is -0.439 e. The monoisotopic (exact) mass is 648 g/mol. The maximum atomic E-state index is 13.3. The number of carbonyl (C=O) groups excluding carboxylic acids is 1. The number of benzene rings is 1. The van der Waals surface area contributed by atoms with E-state index in [9.17, 15) is 21.6 Å². The van der Waals surface area contributed by atoms with Gasteiger partial charge in [-0.1, -0.05) is 50.5 Å². The molecule has 2 aliphatic rings. The van der Waals surface area contributed by atoms with Crippen LogP contribution in [0.15, 0.2) is 59.5 Å². The van der Waals surface area contributed by atoms with E-state index >= 15 is 0 Å². The molecule has 1 aliphatic heterocycles. The van der Waals surface area contributed by atoms with Crippen LogP contribution in [0.3, 0.4) is 0 Å². The highest BCUT2D eigenvalue weighted by Crippen LogP contribution is 2.48. The summed E-state index contributed by atoms with van der Waals surface area (Å²) in [5, 5.41) is 9.00. The summed E-state index contributed by atoms with van der Waals surface area (Å²) < 4.78 is 73.7. The number of ether oxygens (including phenoxy) is 3. The van der Waals surface area contributed by atoms with Crippen molar-refractivity contribution in [1.29, 1.82) is 5.26 Å². The molecule has 0 radical (unpaired) electrons. The van der Waals surface area contributed by atoms with Crippen molar-refractivity contribution in [2.45, 2.75) is 45.4 Å². The van der Waals surface area contributed by atoms with Crippen LogP contribution in [0.5, 0.6) is 5.75 Å². The smallest absolute Gasteiger partial charge is 0.235 e. The number of allylic oxidation sites excluding steroid dienone is 7. The fourth-order valence-corrected chi connectivity index (χ4v) is 6.80. The second-order valence-electron chi connectivity index (χ2n) is 10.1. The molecule has 3 rings (SSSR count). The Labute approximate surface area is 260 Å². The molecule has 0 saturated carbocycles. The van der Waals surface area contributed by atoms with Crippen molar-refractivity contribution in [3.8, 4) is 11.8 Å². The van der Waals surface area contributed by atoms with Gasteiger partial charge in [0.25, 0.3) is 0 Å². The highest BCUT2D eigenvalue weighted by molar-refractivity contribution is 7.93. The molecule has 0 atom stereocenters. The number of Topliss-reactive ketones (excluding diaryl/α,β-unsaturated/α-hetero) is 1. The molecule has 0 unspecified atom stereocenters. The second kappa shape index (κ2) is 16.4. The number of nitrogens with zero attached hydrogens (tertiary/aromatic N) is 2. The van der Waals surface area contributed by atoms with Crippen LogP contribution in [0.1, 0.15) is 45.4 Å². The van der Waals surface area contributed by atoms with Crippen LogP contribution >= 0.6 is 0 Å². The molecule has 12 nitrogen and oxygen atoms in total. The van der Waals surface area contributed by atoms with E-state index in [0.29, 0.717) is 41.3 Å². The van der Waals surface area contributed by atoms with Crippen LogP contribution in [0, 0.1) is 11.3 Å². The average molecular weight is 649 g/mol. The fraction of sp³-hybridized carbons (Fsp3) is 0.467. The van der Waals surface area contributed by atoms with Gasteiger partial charge in [0.2, 0.25) is 25.9 Å². The third-order valence-electron chi connectivity index (χ3n) is 6.81. The highest BCUT2D eigenvalue weighted by atomic mass is 32.2. The van der Waals surface area contributed by atoms with E-state index in [0.717, 1.165) is 19.3 Å². The molecule has 0 aromatic heterocycles. The van der Waals surface area contributed by atoms with E-state index in [1.165, 1.54) is 20.3 Å². The number of fused-ring (bicyclic) bond motifs is 1. The summed E-state index contributed by atoms with van der Waals surface area (Å²) in [6.07, 6.45) is 11.9. The lowest BCUT2D eigenvalue weighted by Crippen LogP contribution is -2.27. The molecule has 44 heavy (non-hydrogen) atoms. The Morgan fingerprint density at radius 2 is 1.80 bits per heavy atom. The SMILES string of the molecule is CCCCCCS(=O)(=O)Nc1c(NS(=O)(=O)CCOC)ccc2c1N(CCOC)C(=CC=C1CC=CC=C1C(=O)CC#N)O2. The van der Waals surface area contributed by atoms with Gasteiger partial charge < -0.3 is 19.1 Å². The fourth-order valence-electron chi connectivity index (χ4n) is 4.60. The molecule has 0 spiro atoms. The van der Waals surface area contributed by atoms with Gasteiger partial charge in [-0.05, 0) is 36.6 Å². The molecular weight excluding hydrogens is 608 g/mol. The Balaban J connectivity index is 2.09. The van der Waals surface area contributed by atoms with Crippen molar-refractivity contribution in [3.05, 3.63) is 59.5 Å². The van der Waals surface area contributed by atoms with Crippen LogP contribution in [-0.4, -0.2) is 68.1 Å². The Bertz CT molecular complexity index is 1570. The Kier molecular flexibility index (Phi) is 13.0. The summed E-state index contributed by atoms with van der Waals surface area (Å²) in [6.45, 7) is 2.45. The van der Waals surface area contributed by atoms with E-state index in [2.05, 4.69) is 9.44 Å². The number of hydrogen-bond acceptors (Lipinski definition) is 10. The Morgan fingerprint density at radius 3 is 2.50 bits per heavy atom. The Hall–Kier alpha value is -3.64. The zero-order chi connectivity index (χ0) is 32.2. The van der Waals surface area contributed by atoms with E-state index in [4.69, 9.17) is 19.5 Å². The predicted molar refractivity (Wildman–Crippen MR) is 170 cm³/mol. The van der Waals surface area contributed by atoms with Crippen molar-refractivity contribution in [1.82, 2.24) is 0 Å². The summed E-state index contributed by atoms with van der Waals surface area (Å²) in [5.41, 5.74) is 1.49. The predicted octanol–water partition coefficient (Wildman–Crippen LogP) is 4.38. The van der Waals surface area contributed by atoms with Gasteiger partial charge in [0.15, 0.2) is 11.5 Å². The molecule has 14 heteroatoms. The normalized spacial score (nSPS) is 16.4. The molecule has 1 heterocycles. The van der Waals surface area contributed by atoms with Gasteiger partial charge in [-0.15, -0.1) is 0 Å². The van der Waals surface area contributed by atoms with Crippen LogP contribution in [0.4, 0.5) is 17.1 Å². The van der Waals surface area contributed by atoms with Crippen LogP contribution in [0.2, 0.25) is 0 Å². The lowest BCUT2D eigenvalue weighted by atomic mass is 9.93. The van der Waals surface area contributed by atoms with E-state index in [-0.39, 0.29) is 54.8 Å². The second-order valence-corrected chi connectivity index (χ2v) is 13.8. The van der Waals surface area contributed by atoms with Crippen LogP contribution in [0.25, 0.3) is 0 Å². The number of rotatable bonds is 18. The average Bonchev–Trinajstić information content (AvgIpc) is 3.35. The van der Waals surface area contributed by atoms with Gasteiger partial charge in [0.05, 0.1) is 42.9 Å². The molecule has 0 fully saturated rings. The lowest BCUT2D eigenvalue weighted by molar-refractivity contribution is -0.114. The number of hydrogen-bond donors (Lipinski definition) is 2. The zero-order valence-corrected chi connectivity index (χ0v) is 26.9. The number of anilines is 3. The molecule has 2 N–H and O–H groups in total. The topological polar surface area (TPSA) is 164 Å². The standard InChI is InChI=1S/C30H40N4O8S2/c1-4-5-6-9-21-43(36,37)33-29-25(32-44(38,39)22-20-41-3)13-14-27-30(29)34(18-19-40-2)28(42-27)15-12-23-10-7-8-11-24(23)26(35)16-17-31/h7-8,11-15,32-33H,4-6,9-10,16,18-22H2,1-3H3.